The molecule has 1 amide bonds. The summed E-state index contributed by atoms with van der Waals surface area (Å²) >= 11 is 0. The zero-order valence-corrected chi connectivity index (χ0v) is 17.8. The molecule has 0 unspecified atom stereocenters. The van der Waals surface area contributed by atoms with Crippen molar-refractivity contribution in [3.8, 4) is 28.7 Å². The molecule has 162 valence electrons. The fourth-order valence-electron chi connectivity index (χ4n) is 3.42. The van der Waals surface area contributed by atoms with Gasteiger partial charge in [-0.05, 0) is 42.7 Å². The van der Waals surface area contributed by atoms with Gasteiger partial charge in [-0.25, -0.2) is 0 Å². The topological polar surface area (TPSA) is 95.7 Å². The van der Waals surface area contributed by atoms with Crippen LogP contribution in [0.5, 0.6) is 17.2 Å². The molecule has 8 heteroatoms. The summed E-state index contributed by atoms with van der Waals surface area (Å²) in [5.41, 5.74) is 1.59. The second-order valence-electron chi connectivity index (χ2n) is 7.62. The molecule has 0 fully saturated rings. The van der Waals surface area contributed by atoms with Gasteiger partial charge in [-0.1, -0.05) is 37.2 Å². The van der Waals surface area contributed by atoms with Gasteiger partial charge in [-0.2, -0.15) is 4.98 Å². The van der Waals surface area contributed by atoms with Gasteiger partial charge in [0.2, 0.25) is 0 Å². The summed E-state index contributed by atoms with van der Waals surface area (Å²) in [7, 11) is 0. The molecule has 0 bridgehead atoms. The first-order valence-electron chi connectivity index (χ1n) is 10.2. The van der Waals surface area contributed by atoms with Crippen LogP contribution in [-0.4, -0.2) is 35.9 Å². The highest BCUT2D eigenvalue weighted by Gasteiger charge is 2.22. The van der Waals surface area contributed by atoms with Crippen molar-refractivity contribution < 1.29 is 23.5 Å². The predicted octanol–water partition coefficient (Wildman–Crippen LogP) is 3.71. The van der Waals surface area contributed by atoms with E-state index in [-0.39, 0.29) is 24.5 Å². The third kappa shape index (κ3) is 4.79. The number of nitrogens with zero attached hydrogens (tertiary/aromatic N) is 2. The number of benzene rings is 2. The van der Waals surface area contributed by atoms with Crippen molar-refractivity contribution in [3.63, 3.8) is 0 Å². The Morgan fingerprint density at radius 1 is 1.13 bits per heavy atom. The van der Waals surface area contributed by atoms with Gasteiger partial charge in [0.25, 0.3) is 11.8 Å². The van der Waals surface area contributed by atoms with E-state index in [0.29, 0.717) is 42.0 Å². The number of carbonyl (C=O) groups is 1. The summed E-state index contributed by atoms with van der Waals surface area (Å²) in [4.78, 5) is 16.9. The van der Waals surface area contributed by atoms with Crippen molar-refractivity contribution in [2.24, 2.45) is 5.92 Å². The number of amides is 1. The lowest BCUT2D eigenvalue weighted by Gasteiger charge is -2.25. The van der Waals surface area contributed by atoms with E-state index in [0.717, 1.165) is 11.3 Å². The maximum absolute atomic E-state index is 12.7. The van der Waals surface area contributed by atoms with Gasteiger partial charge in [0.1, 0.15) is 19.0 Å². The lowest BCUT2D eigenvalue weighted by molar-refractivity contribution is -0.124. The molecule has 4 rings (SSSR count). The number of carbonyl (C=O) groups excluding carboxylic acids is 1. The lowest BCUT2D eigenvalue weighted by Crippen LogP contribution is -2.35. The summed E-state index contributed by atoms with van der Waals surface area (Å²) in [5.74, 6) is 2.74. The number of nitrogens with one attached hydrogen (secondary N) is 1. The van der Waals surface area contributed by atoms with E-state index in [2.05, 4.69) is 29.3 Å². The SMILES string of the molecule is Cc1noc(-c2ccccc2OCC(=O)N[C@@H](c2ccc3c(c2)OCCO3)C(C)C)n1. The van der Waals surface area contributed by atoms with Gasteiger partial charge in [-0.15, -0.1) is 0 Å². The molecule has 8 nitrogen and oxygen atoms in total. The molecule has 1 atom stereocenters. The Kier molecular flexibility index (Phi) is 6.06. The number of rotatable bonds is 7. The molecule has 0 saturated carbocycles. The minimum Gasteiger partial charge on any atom is -0.486 e. The van der Waals surface area contributed by atoms with Crippen LogP contribution in [-0.2, 0) is 4.79 Å². The molecule has 1 N–H and O–H groups in total. The fraction of sp³-hybridized carbons (Fsp3) is 0.348. The van der Waals surface area contributed by atoms with Crippen molar-refractivity contribution in [1.82, 2.24) is 15.5 Å². The summed E-state index contributed by atoms with van der Waals surface area (Å²) in [6, 6.07) is 12.8. The average Bonchev–Trinajstić information content (AvgIpc) is 3.22. The molecular formula is C23H25N3O5. The Morgan fingerprint density at radius 2 is 1.90 bits per heavy atom. The molecule has 1 aliphatic heterocycles. The van der Waals surface area contributed by atoms with Gasteiger partial charge < -0.3 is 24.1 Å². The summed E-state index contributed by atoms with van der Waals surface area (Å²) in [5, 5.41) is 6.87. The van der Waals surface area contributed by atoms with Gasteiger partial charge in [-0.3, -0.25) is 4.79 Å². The first kappa shape index (κ1) is 20.7. The van der Waals surface area contributed by atoms with E-state index in [9.17, 15) is 4.79 Å². The first-order chi connectivity index (χ1) is 15.0. The highest BCUT2D eigenvalue weighted by atomic mass is 16.6. The number of aryl methyl sites for hydroxylation is 1. The molecule has 2 heterocycles. The van der Waals surface area contributed by atoms with E-state index in [1.807, 2.05) is 36.4 Å². The van der Waals surface area contributed by atoms with Crippen molar-refractivity contribution in [3.05, 3.63) is 53.9 Å². The highest BCUT2D eigenvalue weighted by Crippen LogP contribution is 2.34. The smallest absolute Gasteiger partial charge is 0.261 e. The fourth-order valence-corrected chi connectivity index (χ4v) is 3.42. The monoisotopic (exact) mass is 423 g/mol. The molecule has 0 spiro atoms. The number of hydrogen-bond acceptors (Lipinski definition) is 7. The number of aromatic nitrogens is 2. The van der Waals surface area contributed by atoms with Crippen LogP contribution >= 0.6 is 0 Å². The van der Waals surface area contributed by atoms with Crippen LogP contribution in [0.1, 0.15) is 31.3 Å². The highest BCUT2D eigenvalue weighted by molar-refractivity contribution is 5.78. The van der Waals surface area contributed by atoms with Gasteiger partial charge in [0, 0.05) is 0 Å². The molecule has 1 aromatic heterocycles. The largest absolute Gasteiger partial charge is 0.486 e. The number of fused-ring (bicyclic) bond motifs is 1. The van der Waals surface area contributed by atoms with Crippen molar-refractivity contribution in [2.75, 3.05) is 19.8 Å². The van der Waals surface area contributed by atoms with Crippen LogP contribution in [0.15, 0.2) is 47.0 Å². The van der Waals surface area contributed by atoms with Crippen molar-refractivity contribution in [1.29, 1.82) is 0 Å². The molecule has 0 aliphatic carbocycles. The maximum atomic E-state index is 12.7. The van der Waals surface area contributed by atoms with Crippen LogP contribution in [0.4, 0.5) is 0 Å². The number of hydrogen-bond donors (Lipinski definition) is 1. The standard InChI is InChI=1S/C23H25N3O5/c1-14(2)22(16-8-9-19-20(12-16)29-11-10-28-19)25-21(27)13-30-18-7-5-4-6-17(18)23-24-15(3)26-31-23/h4-9,12,14,22H,10-11,13H2,1-3H3,(H,25,27)/t22-/m1/s1. The Bertz CT molecular complexity index is 1060. The second kappa shape index (κ2) is 9.07. The third-order valence-electron chi connectivity index (χ3n) is 4.91. The number of ether oxygens (including phenoxy) is 3. The normalized spacial score (nSPS) is 13.7. The predicted molar refractivity (Wildman–Crippen MR) is 113 cm³/mol. The van der Waals surface area contributed by atoms with Gasteiger partial charge in [0.15, 0.2) is 23.9 Å². The quantitative estimate of drug-likeness (QED) is 0.619. The minimum atomic E-state index is -0.231. The van der Waals surface area contributed by atoms with Crippen LogP contribution in [0.25, 0.3) is 11.5 Å². The molecular weight excluding hydrogens is 398 g/mol. The van der Waals surface area contributed by atoms with E-state index >= 15 is 0 Å². The third-order valence-corrected chi connectivity index (χ3v) is 4.91. The summed E-state index contributed by atoms with van der Waals surface area (Å²) in [6.07, 6.45) is 0. The van der Waals surface area contributed by atoms with Crippen LogP contribution in [0.3, 0.4) is 0 Å². The van der Waals surface area contributed by atoms with Gasteiger partial charge >= 0.3 is 0 Å². The van der Waals surface area contributed by atoms with E-state index in [1.54, 1.807) is 13.0 Å². The maximum Gasteiger partial charge on any atom is 0.261 e. The molecule has 0 radical (unpaired) electrons. The lowest BCUT2D eigenvalue weighted by atomic mass is 9.95. The Hall–Kier alpha value is -3.55. The van der Waals surface area contributed by atoms with Crippen LogP contribution in [0.2, 0.25) is 0 Å². The minimum absolute atomic E-state index is 0.141. The second-order valence-corrected chi connectivity index (χ2v) is 7.62. The molecule has 1 aliphatic rings. The first-order valence-corrected chi connectivity index (χ1v) is 10.2. The van der Waals surface area contributed by atoms with E-state index in [1.165, 1.54) is 0 Å². The molecule has 31 heavy (non-hydrogen) atoms. The molecule has 0 saturated heterocycles. The Balaban J connectivity index is 1.44. The molecule has 2 aromatic carbocycles. The van der Waals surface area contributed by atoms with Crippen molar-refractivity contribution >= 4 is 5.91 Å². The zero-order chi connectivity index (χ0) is 21.8. The summed E-state index contributed by atoms with van der Waals surface area (Å²) in [6.45, 7) is 6.76. The zero-order valence-electron chi connectivity index (χ0n) is 17.8. The Morgan fingerprint density at radius 3 is 2.65 bits per heavy atom. The molecule has 3 aromatic rings. The summed E-state index contributed by atoms with van der Waals surface area (Å²) < 4.78 is 22.3. The van der Waals surface area contributed by atoms with Crippen LogP contribution < -0.4 is 19.5 Å². The van der Waals surface area contributed by atoms with E-state index in [4.69, 9.17) is 18.7 Å². The average molecular weight is 423 g/mol. The van der Waals surface area contributed by atoms with Crippen LogP contribution in [0, 0.1) is 12.8 Å². The van der Waals surface area contributed by atoms with Gasteiger partial charge in [0.05, 0.1) is 11.6 Å². The van der Waals surface area contributed by atoms with E-state index < -0.39 is 0 Å². The van der Waals surface area contributed by atoms with Crippen molar-refractivity contribution in [2.45, 2.75) is 26.8 Å². The number of para-hydroxylation sites is 1. The Labute approximate surface area is 180 Å².